The van der Waals surface area contributed by atoms with Crippen LogP contribution in [0.1, 0.15) is 10.4 Å². The molecule has 4 nitrogen and oxygen atoms in total. The molecule has 1 aliphatic rings. The topological polar surface area (TPSA) is 41.6 Å². The predicted molar refractivity (Wildman–Crippen MR) is 91.5 cm³/mol. The number of amides is 1. The van der Waals surface area contributed by atoms with Crippen molar-refractivity contribution in [3.05, 3.63) is 58.3 Å². The van der Waals surface area contributed by atoms with Gasteiger partial charge < -0.3 is 15.0 Å². The van der Waals surface area contributed by atoms with Crippen molar-refractivity contribution in [2.45, 2.75) is 0 Å². The van der Waals surface area contributed by atoms with E-state index in [1.807, 2.05) is 24.3 Å². The second kappa shape index (κ2) is 7.10. The predicted octanol–water partition coefficient (Wildman–Crippen LogP) is 3.68. The Morgan fingerprint density at radius 3 is 2.52 bits per heavy atom. The van der Waals surface area contributed by atoms with Crippen LogP contribution in [0.3, 0.4) is 0 Å². The highest BCUT2D eigenvalue weighted by Crippen LogP contribution is 2.21. The van der Waals surface area contributed by atoms with E-state index in [-0.39, 0.29) is 5.56 Å². The Hall–Kier alpha value is -1.92. The molecule has 23 heavy (non-hydrogen) atoms. The zero-order valence-electron chi connectivity index (χ0n) is 12.4. The molecule has 1 N–H and O–H groups in total. The average Bonchev–Trinajstić information content (AvgIpc) is 2.58. The van der Waals surface area contributed by atoms with Gasteiger partial charge in [-0.2, -0.15) is 0 Å². The summed E-state index contributed by atoms with van der Waals surface area (Å²) in [7, 11) is 0. The first-order valence-corrected chi connectivity index (χ1v) is 8.12. The fraction of sp³-hybridized carbons (Fsp3) is 0.235. The lowest BCUT2D eigenvalue weighted by Crippen LogP contribution is -2.36. The first-order chi connectivity index (χ1) is 11.1. The molecular weight excluding hydrogens is 363 g/mol. The molecule has 120 valence electrons. The Bertz CT molecular complexity index is 700. The van der Waals surface area contributed by atoms with E-state index in [4.69, 9.17) is 4.74 Å². The molecule has 0 atom stereocenters. The van der Waals surface area contributed by atoms with Crippen LogP contribution in [-0.2, 0) is 4.74 Å². The smallest absolute Gasteiger partial charge is 0.258 e. The molecule has 2 aromatic rings. The largest absolute Gasteiger partial charge is 0.378 e. The number of morpholine rings is 1. The number of halogens is 2. The summed E-state index contributed by atoms with van der Waals surface area (Å²) in [4.78, 5) is 14.4. The Labute approximate surface area is 142 Å². The lowest BCUT2D eigenvalue weighted by atomic mass is 10.2. The maximum absolute atomic E-state index is 13.7. The second-order valence-corrected chi connectivity index (χ2v) is 6.14. The Balaban J connectivity index is 1.70. The van der Waals surface area contributed by atoms with E-state index in [2.05, 4.69) is 26.1 Å². The number of hydrogen-bond acceptors (Lipinski definition) is 3. The van der Waals surface area contributed by atoms with Gasteiger partial charge in [-0.3, -0.25) is 4.79 Å². The van der Waals surface area contributed by atoms with Gasteiger partial charge >= 0.3 is 0 Å². The molecule has 0 unspecified atom stereocenters. The Morgan fingerprint density at radius 1 is 1.13 bits per heavy atom. The van der Waals surface area contributed by atoms with Crippen LogP contribution in [0.5, 0.6) is 0 Å². The van der Waals surface area contributed by atoms with Crippen molar-refractivity contribution in [3.63, 3.8) is 0 Å². The fourth-order valence-electron chi connectivity index (χ4n) is 2.45. The van der Waals surface area contributed by atoms with Crippen molar-refractivity contribution in [1.29, 1.82) is 0 Å². The maximum Gasteiger partial charge on any atom is 0.258 e. The lowest BCUT2D eigenvalue weighted by molar-refractivity contribution is 0.102. The van der Waals surface area contributed by atoms with Gasteiger partial charge in [-0.1, -0.05) is 15.9 Å². The van der Waals surface area contributed by atoms with Gasteiger partial charge in [0, 0.05) is 28.9 Å². The monoisotopic (exact) mass is 378 g/mol. The highest BCUT2D eigenvalue weighted by Gasteiger charge is 2.14. The Kier molecular flexibility index (Phi) is 4.93. The number of benzene rings is 2. The standard InChI is InChI=1S/C17H16BrFN2O2/c18-12-1-6-16(19)15(11-12)17(22)20-13-2-4-14(5-3-13)21-7-9-23-10-8-21/h1-6,11H,7-10H2,(H,20,22). The van der Waals surface area contributed by atoms with Gasteiger partial charge in [0.15, 0.2) is 0 Å². The molecule has 1 saturated heterocycles. The van der Waals surface area contributed by atoms with Crippen molar-refractivity contribution in [2.75, 3.05) is 36.5 Å². The van der Waals surface area contributed by atoms with Crippen molar-refractivity contribution < 1.29 is 13.9 Å². The second-order valence-electron chi connectivity index (χ2n) is 5.22. The third-order valence-corrected chi connectivity index (χ3v) is 4.17. The van der Waals surface area contributed by atoms with Crippen molar-refractivity contribution in [1.82, 2.24) is 0 Å². The minimum atomic E-state index is -0.546. The molecular formula is C17H16BrFN2O2. The minimum Gasteiger partial charge on any atom is -0.378 e. The van der Waals surface area contributed by atoms with E-state index >= 15 is 0 Å². The first-order valence-electron chi connectivity index (χ1n) is 7.32. The summed E-state index contributed by atoms with van der Waals surface area (Å²) in [5.74, 6) is -1.02. The molecule has 2 aromatic carbocycles. The van der Waals surface area contributed by atoms with Crippen LogP contribution >= 0.6 is 15.9 Å². The highest BCUT2D eigenvalue weighted by molar-refractivity contribution is 9.10. The molecule has 1 aliphatic heterocycles. The quantitative estimate of drug-likeness (QED) is 0.885. The summed E-state index contributed by atoms with van der Waals surface area (Å²) in [6.45, 7) is 3.16. The van der Waals surface area contributed by atoms with Gasteiger partial charge in [0.05, 0.1) is 18.8 Å². The normalized spacial score (nSPS) is 14.6. The van der Waals surface area contributed by atoms with Crippen LogP contribution in [-0.4, -0.2) is 32.2 Å². The number of nitrogens with one attached hydrogen (secondary N) is 1. The van der Waals surface area contributed by atoms with Crippen LogP contribution in [0.25, 0.3) is 0 Å². The number of carbonyl (C=O) groups excluding carboxylic acids is 1. The van der Waals surface area contributed by atoms with E-state index in [0.717, 1.165) is 32.0 Å². The van der Waals surface area contributed by atoms with E-state index in [0.29, 0.717) is 10.2 Å². The molecule has 0 aliphatic carbocycles. The summed E-state index contributed by atoms with van der Waals surface area (Å²) in [5.41, 5.74) is 1.72. The van der Waals surface area contributed by atoms with E-state index in [1.54, 1.807) is 6.07 Å². The molecule has 1 heterocycles. The van der Waals surface area contributed by atoms with Gasteiger partial charge in [0.2, 0.25) is 0 Å². The first kappa shape index (κ1) is 16.0. The van der Waals surface area contributed by atoms with Gasteiger partial charge in [0.1, 0.15) is 5.82 Å². The van der Waals surface area contributed by atoms with Crippen LogP contribution in [0.4, 0.5) is 15.8 Å². The minimum absolute atomic E-state index is 0.0108. The number of carbonyl (C=O) groups is 1. The number of hydrogen-bond donors (Lipinski definition) is 1. The van der Waals surface area contributed by atoms with Crippen LogP contribution in [0.15, 0.2) is 46.9 Å². The molecule has 1 fully saturated rings. The summed E-state index contributed by atoms with van der Waals surface area (Å²) in [5, 5.41) is 2.71. The number of ether oxygens (including phenoxy) is 1. The SMILES string of the molecule is O=C(Nc1ccc(N2CCOCC2)cc1)c1cc(Br)ccc1F. The number of nitrogens with zero attached hydrogens (tertiary/aromatic N) is 1. The molecule has 6 heteroatoms. The van der Waals surface area contributed by atoms with Gasteiger partial charge in [-0.15, -0.1) is 0 Å². The van der Waals surface area contributed by atoms with Crippen LogP contribution in [0.2, 0.25) is 0 Å². The zero-order chi connectivity index (χ0) is 16.2. The van der Waals surface area contributed by atoms with Gasteiger partial charge in [-0.25, -0.2) is 4.39 Å². The summed E-state index contributed by atoms with van der Waals surface area (Å²) >= 11 is 3.24. The van der Waals surface area contributed by atoms with E-state index < -0.39 is 11.7 Å². The number of anilines is 2. The fourth-order valence-corrected chi connectivity index (χ4v) is 2.81. The van der Waals surface area contributed by atoms with E-state index in [1.165, 1.54) is 12.1 Å². The molecule has 0 radical (unpaired) electrons. The highest BCUT2D eigenvalue weighted by atomic mass is 79.9. The van der Waals surface area contributed by atoms with Crippen LogP contribution < -0.4 is 10.2 Å². The summed E-state index contributed by atoms with van der Waals surface area (Å²) in [6, 6.07) is 11.8. The third kappa shape index (κ3) is 3.89. The third-order valence-electron chi connectivity index (χ3n) is 3.67. The molecule has 0 bridgehead atoms. The molecule has 0 saturated carbocycles. The maximum atomic E-state index is 13.7. The van der Waals surface area contributed by atoms with Crippen molar-refractivity contribution in [3.8, 4) is 0 Å². The van der Waals surface area contributed by atoms with Crippen molar-refractivity contribution in [2.24, 2.45) is 0 Å². The molecule has 1 amide bonds. The van der Waals surface area contributed by atoms with E-state index in [9.17, 15) is 9.18 Å². The Morgan fingerprint density at radius 2 is 1.83 bits per heavy atom. The molecule has 0 spiro atoms. The molecule has 3 rings (SSSR count). The number of rotatable bonds is 3. The van der Waals surface area contributed by atoms with Gasteiger partial charge in [0.25, 0.3) is 5.91 Å². The summed E-state index contributed by atoms with van der Waals surface area (Å²) < 4.78 is 19.7. The summed E-state index contributed by atoms with van der Waals surface area (Å²) in [6.07, 6.45) is 0. The zero-order valence-corrected chi connectivity index (χ0v) is 14.0. The molecule has 0 aromatic heterocycles. The lowest BCUT2D eigenvalue weighted by Gasteiger charge is -2.28. The van der Waals surface area contributed by atoms with Crippen LogP contribution in [0, 0.1) is 5.82 Å². The average molecular weight is 379 g/mol. The van der Waals surface area contributed by atoms with Crippen molar-refractivity contribution >= 4 is 33.2 Å². The van der Waals surface area contributed by atoms with Gasteiger partial charge in [-0.05, 0) is 42.5 Å².